The summed E-state index contributed by atoms with van der Waals surface area (Å²) in [5, 5.41) is 5.81. The van der Waals surface area contributed by atoms with Gasteiger partial charge in [0.25, 0.3) is 0 Å². The third-order valence-corrected chi connectivity index (χ3v) is 3.54. The second-order valence-corrected chi connectivity index (χ2v) is 5.13. The van der Waals surface area contributed by atoms with Crippen molar-refractivity contribution < 1.29 is 9.18 Å². The molecule has 0 fully saturated rings. The van der Waals surface area contributed by atoms with Gasteiger partial charge in [0.2, 0.25) is 0 Å². The average Bonchev–Trinajstić information content (AvgIpc) is 2.54. The number of hydrogen-bond donors (Lipinski definition) is 2. The molecular formula is C17H20FN3O. The Bertz CT molecular complexity index is 601. The lowest BCUT2D eigenvalue weighted by atomic mass is 10.1. The predicted octanol–water partition coefficient (Wildman–Crippen LogP) is 3.73. The maximum absolute atomic E-state index is 12.9. The second-order valence-electron chi connectivity index (χ2n) is 5.13. The fraction of sp³-hybridized carbons (Fsp3) is 0.294. The largest absolute Gasteiger partial charge is 0.332 e. The third-order valence-electron chi connectivity index (χ3n) is 3.54. The molecule has 0 aliphatic carbocycles. The molecule has 0 saturated heterocycles. The minimum atomic E-state index is -0.288. The number of carbonyl (C=O) groups is 1. The number of rotatable bonds is 5. The minimum Gasteiger partial charge on any atom is -0.332 e. The van der Waals surface area contributed by atoms with Crippen molar-refractivity contribution in [2.75, 3.05) is 0 Å². The van der Waals surface area contributed by atoms with Crippen molar-refractivity contribution in [3.63, 3.8) is 0 Å². The van der Waals surface area contributed by atoms with Gasteiger partial charge in [-0.05, 0) is 48.7 Å². The Morgan fingerprint density at radius 2 is 1.73 bits per heavy atom. The van der Waals surface area contributed by atoms with Crippen LogP contribution in [-0.2, 0) is 0 Å². The summed E-state index contributed by atoms with van der Waals surface area (Å²) in [6.45, 7) is 3.87. The zero-order valence-electron chi connectivity index (χ0n) is 12.7. The van der Waals surface area contributed by atoms with Crippen LogP contribution in [0.15, 0.2) is 48.8 Å². The van der Waals surface area contributed by atoms with Crippen molar-refractivity contribution in [2.45, 2.75) is 32.4 Å². The van der Waals surface area contributed by atoms with Gasteiger partial charge in [-0.1, -0.05) is 19.1 Å². The van der Waals surface area contributed by atoms with Gasteiger partial charge in [0.15, 0.2) is 0 Å². The SMILES string of the molecule is CC[C@@H](NC(=O)N[C@H](C)c1ccc(F)cc1)c1ccncc1. The Labute approximate surface area is 129 Å². The lowest BCUT2D eigenvalue weighted by Gasteiger charge is -2.20. The summed E-state index contributed by atoms with van der Waals surface area (Å²) in [5.41, 5.74) is 1.87. The number of urea groups is 1. The molecule has 1 aromatic carbocycles. The zero-order valence-corrected chi connectivity index (χ0v) is 12.7. The van der Waals surface area contributed by atoms with Crippen LogP contribution in [-0.4, -0.2) is 11.0 Å². The topological polar surface area (TPSA) is 54.0 Å². The molecule has 0 unspecified atom stereocenters. The summed E-state index contributed by atoms with van der Waals surface area (Å²) in [7, 11) is 0. The quantitative estimate of drug-likeness (QED) is 0.884. The van der Waals surface area contributed by atoms with E-state index in [9.17, 15) is 9.18 Å². The smallest absolute Gasteiger partial charge is 0.315 e. The van der Waals surface area contributed by atoms with Crippen LogP contribution in [0.4, 0.5) is 9.18 Å². The standard InChI is InChI=1S/C17H20FN3O/c1-3-16(14-8-10-19-11-9-14)21-17(22)20-12(2)13-4-6-15(18)7-5-13/h4-12,16H,3H2,1-2H3,(H2,20,21,22)/t12-,16-/m1/s1. The molecule has 4 nitrogen and oxygen atoms in total. The Kier molecular flexibility index (Phi) is 5.47. The van der Waals surface area contributed by atoms with E-state index in [4.69, 9.17) is 0 Å². The first-order chi connectivity index (χ1) is 10.6. The maximum Gasteiger partial charge on any atom is 0.315 e. The van der Waals surface area contributed by atoms with Gasteiger partial charge < -0.3 is 10.6 Å². The van der Waals surface area contributed by atoms with Gasteiger partial charge in [0.05, 0.1) is 12.1 Å². The molecule has 0 radical (unpaired) electrons. The number of nitrogens with one attached hydrogen (secondary N) is 2. The molecule has 2 rings (SSSR count). The van der Waals surface area contributed by atoms with Crippen LogP contribution in [0.5, 0.6) is 0 Å². The molecule has 0 aliphatic rings. The van der Waals surface area contributed by atoms with Crippen molar-refractivity contribution in [2.24, 2.45) is 0 Å². The van der Waals surface area contributed by atoms with E-state index in [0.29, 0.717) is 0 Å². The summed E-state index contributed by atoms with van der Waals surface area (Å²) in [4.78, 5) is 16.1. The molecule has 116 valence electrons. The Morgan fingerprint density at radius 1 is 1.09 bits per heavy atom. The first kappa shape index (κ1) is 15.9. The molecule has 0 bridgehead atoms. The summed E-state index contributed by atoms with van der Waals surface area (Å²) < 4.78 is 12.9. The van der Waals surface area contributed by atoms with Crippen molar-refractivity contribution in [3.05, 3.63) is 65.7 Å². The second kappa shape index (κ2) is 7.54. The van der Waals surface area contributed by atoms with E-state index in [2.05, 4.69) is 15.6 Å². The van der Waals surface area contributed by atoms with Crippen LogP contribution in [0.3, 0.4) is 0 Å². The number of aromatic nitrogens is 1. The van der Waals surface area contributed by atoms with Gasteiger partial charge in [-0.25, -0.2) is 9.18 Å². The van der Waals surface area contributed by atoms with E-state index < -0.39 is 0 Å². The minimum absolute atomic E-state index is 0.0663. The summed E-state index contributed by atoms with van der Waals surface area (Å²) >= 11 is 0. The number of benzene rings is 1. The number of halogens is 1. The van der Waals surface area contributed by atoms with Crippen LogP contribution >= 0.6 is 0 Å². The third kappa shape index (κ3) is 4.28. The number of pyridine rings is 1. The lowest BCUT2D eigenvalue weighted by Crippen LogP contribution is -2.39. The molecule has 0 saturated carbocycles. The molecule has 0 aliphatic heterocycles. The summed E-state index contributed by atoms with van der Waals surface area (Å²) in [6.07, 6.45) is 4.19. The fourth-order valence-corrected chi connectivity index (χ4v) is 2.25. The fourth-order valence-electron chi connectivity index (χ4n) is 2.25. The predicted molar refractivity (Wildman–Crippen MR) is 83.8 cm³/mol. The summed E-state index contributed by atoms with van der Waals surface area (Å²) in [5.74, 6) is -0.288. The molecule has 2 N–H and O–H groups in total. The molecule has 5 heteroatoms. The highest BCUT2D eigenvalue weighted by molar-refractivity contribution is 5.75. The van der Waals surface area contributed by atoms with Gasteiger partial charge in [0.1, 0.15) is 5.82 Å². The van der Waals surface area contributed by atoms with Crippen LogP contribution in [0, 0.1) is 5.82 Å². The van der Waals surface area contributed by atoms with E-state index >= 15 is 0 Å². The highest BCUT2D eigenvalue weighted by Crippen LogP contribution is 2.16. The molecule has 2 atom stereocenters. The monoisotopic (exact) mass is 301 g/mol. The normalized spacial score (nSPS) is 13.2. The molecule has 2 amide bonds. The Hall–Kier alpha value is -2.43. The van der Waals surface area contributed by atoms with Gasteiger partial charge >= 0.3 is 6.03 Å². The van der Waals surface area contributed by atoms with Crippen molar-refractivity contribution in [3.8, 4) is 0 Å². The van der Waals surface area contributed by atoms with Gasteiger partial charge in [0, 0.05) is 12.4 Å². The van der Waals surface area contributed by atoms with Gasteiger partial charge in [-0.15, -0.1) is 0 Å². The van der Waals surface area contributed by atoms with Crippen molar-refractivity contribution >= 4 is 6.03 Å². The van der Waals surface area contributed by atoms with Crippen molar-refractivity contribution in [1.82, 2.24) is 15.6 Å². The van der Waals surface area contributed by atoms with E-state index in [1.807, 2.05) is 26.0 Å². The zero-order chi connectivity index (χ0) is 15.9. The van der Waals surface area contributed by atoms with Crippen LogP contribution in [0.2, 0.25) is 0 Å². The first-order valence-electron chi connectivity index (χ1n) is 7.32. The average molecular weight is 301 g/mol. The Balaban J connectivity index is 1.95. The molecule has 1 aromatic heterocycles. The highest BCUT2D eigenvalue weighted by Gasteiger charge is 2.14. The van der Waals surface area contributed by atoms with E-state index in [-0.39, 0.29) is 23.9 Å². The summed E-state index contributed by atoms with van der Waals surface area (Å²) in [6, 6.07) is 9.37. The van der Waals surface area contributed by atoms with Crippen LogP contribution < -0.4 is 10.6 Å². The number of hydrogen-bond acceptors (Lipinski definition) is 2. The molecule has 2 aromatic rings. The van der Waals surface area contributed by atoms with Crippen LogP contribution in [0.25, 0.3) is 0 Å². The molecule has 0 spiro atoms. The lowest BCUT2D eigenvalue weighted by molar-refractivity contribution is 0.233. The van der Waals surface area contributed by atoms with E-state index in [0.717, 1.165) is 17.5 Å². The van der Waals surface area contributed by atoms with E-state index in [1.165, 1.54) is 12.1 Å². The van der Waals surface area contributed by atoms with Gasteiger partial charge in [-0.2, -0.15) is 0 Å². The number of amides is 2. The maximum atomic E-state index is 12.9. The van der Waals surface area contributed by atoms with Crippen molar-refractivity contribution in [1.29, 1.82) is 0 Å². The van der Waals surface area contributed by atoms with E-state index in [1.54, 1.807) is 24.5 Å². The first-order valence-corrected chi connectivity index (χ1v) is 7.32. The number of nitrogens with zero attached hydrogens (tertiary/aromatic N) is 1. The molecule has 22 heavy (non-hydrogen) atoms. The van der Waals surface area contributed by atoms with Gasteiger partial charge in [-0.3, -0.25) is 4.98 Å². The molecule has 1 heterocycles. The molecular weight excluding hydrogens is 281 g/mol. The number of carbonyl (C=O) groups excluding carboxylic acids is 1. The Morgan fingerprint density at radius 3 is 2.32 bits per heavy atom. The highest BCUT2D eigenvalue weighted by atomic mass is 19.1. The van der Waals surface area contributed by atoms with Crippen LogP contribution in [0.1, 0.15) is 43.5 Å².